The molecular formula is C13H20N2O. The van der Waals surface area contributed by atoms with Crippen molar-refractivity contribution in [3.8, 4) is 0 Å². The summed E-state index contributed by atoms with van der Waals surface area (Å²) in [4.78, 5) is 0. The SMILES string of the molecule is NC(CO)c1ccccc1C1CCNCC1. The molecule has 2 rings (SSSR count). The molecule has 3 heteroatoms. The Morgan fingerprint density at radius 1 is 1.31 bits per heavy atom. The molecule has 88 valence electrons. The molecular weight excluding hydrogens is 200 g/mol. The Labute approximate surface area is 96.7 Å². The summed E-state index contributed by atoms with van der Waals surface area (Å²) in [6.45, 7) is 2.17. The fourth-order valence-electron chi connectivity index (χ4n) is 2.45. The summed E-state index contributed by atoms with van der Waals surface area (Å²) in [5, 5.41) is 12.5. The number of rotatable bonds is 3. The molecule has 1 aliphatic rings. The van der Waals surface area contributed by atoms with Crippen LogP contribution in [0.15, 0.2) is 24.3 Å². The van der Waals surface area contributed by atoms with Gasteiger partial charge in [-0.05, 0) is 43.0 Å². The molecule has 1 aromatic rings. The summed E-state index contributed by atoms with van der Waals surface area (Å²) in [5.74, 6) is 0.593. The van der Waals surface area contributed by atoms with E-state index in [1.165, 1.54) is 5.56 Å². The number of aliphatic hydroxyl groups is 1. The van der Waals surface area contributed by atoms with Gasteiger partial charge in [-0.15, -0.1) is 0 Å². The Morgan fingerprint density at radius 3 is 2.69 bits per heavy atom. The second-order valence-electron chi connectivity index (χ2n) is 4.44. The first kappa shape index (κ1) is 11.6. The molecule has 1 atom stereocenters. The monoisotopic (exact) mass is 220 g/mol. The fraction of sp³-hybridized carbons (Fsp3) is 0.538. The molecule has 0 aromatic heterocycles. The van der Waals surface area contributed by atoms with Crippen molar-refractivity contribution in [1.82, 2.24) is 5.32 Å². The van der Waals surface area contributed by atoms with Gasteiger partial charge in [-0.1, -0.05) is 24.3 Å². The first-order chi connectivity index (χ1) is 7.83. The number of nitrogens with one attached hydrogen (secondary N) is 1. The first-order valence-corrected chi connectivity index (χ1v) is 5.99. The van der Waals surface area contributed by atoms with Crippen LogP contribution in [0.2, 0.25) is 0 Å². The van der Waals surface area contributed by atoms with E-state index < -0.39 is 0 Å². The van der Waals surface area contributed by atoms with Crippen molar-refractivity contribution in [3.05, 3.63) is 35.4 Å². The van der Waals surface area contributed by atoms with Crippen LogP contribution in [-0.4, -0.2) is 24.8 Å². The predicted molar refractivity (Wildman–Crippen MR) is 65.3 cm³/mol. The summed E-state index contributed by atoms with van der Waals surface area (Å²) in [6, 6.07) is 8.01. The van der Waals surface area contributed by atoms with Crippen LogP contribution in [0.25, 0.3) is 0 Å². The minimum absolute atomic E-state index is 0.0159. The molecule has 0 amide bonds. The van der Waals surface area contributed by atoms with Crippen molar-refractivity contribution in [3.63, 3.8) is 0 Å². The zero-order chi connectivity index (χ0) is 11.4. The molecule has 1 aliphatic heterocycles. The number of nitrogens with two attached hydrogens (primary N) is 1. The third kappa shape index (κ3) is 2.43. The number of aliphatic hydroxyl groups excluding tert-OH is 1. The molecule has 1 unspecified atom stereocenters. The zero-order valence-corrected chi connectivity index (χ0v) is 9.52. The quantitative estimate of drug-likeness (QED) is 0.716. The average molecular weight is 220 g/mol. The number of benzene rings is 1. The van der Waals surface area contributed by atoms with Gasteiger partial charge in [0.05, 0.1) is 12.6 Å². The first-order valence-electron chi connectivity index (χ1n) is 5.99. The van der Waals surface area contributed by atoms with Crippen LogP contribution in [0.4, 0.5) is 0 Å². The van der Waals surface area contributed by atoms with E-state index in [1.807, 2.05) is 12.1 Å². The molecule has 1 fully saturated rings. The van der Waals surface area contributed by atoms with Crippen molar-refractivity contribution in [2.45, 2.75) is 24.8 Å². The van der Waals surface area contributed by atoms with Gasteiger partial charge in [0.2, 0.25) is 0 Å². The highest BCUT2D eigenvalue weighted by atomic mass is 16.3. The van der Waals surface area contributed by atoms with Crippen LogP contribution in [-0.2, 0) is 0 Å². The van der Waals surface area contributed by atoms with Crippen molar-refractivity contribution in [2.24, 2.45) is 5.73 Å². The van der Waals surface area contributed by atoms with E-state index in [-0.39, 0.29) is 12.6 Å². The molecule has 0 spiro atoms. The van der Waals surface area contributed by atoms with Crippen LogP contribution >= 0.6 is 0 Å². The third-order valence-electron chi connectivity index (χ3n) is 3.37. The maximum atomic E-state index is 9.17. The van der Waals surface area contributed by atoms with Gasteiger partial charge in [0, 0.05) is 0 Å². The summed E-state index contributed by atoms with van der Waals surface area (Å²) in [5.41, 5.74) is 8.37. The Hall–Kier alpha value is -0.900. The Balaban J connectivity index is 2.24. The van der Waals surface area contributed by atoms with E-state index in [9.17, 15) is 5.11 Å². The summed E-state index contributed by atoms with van der Waals surface area (Å²) in [7, 11) is 0. The smallest absolute Gasteiger partial charge is 0.0624 e. The van der Waals surface area contributed by atoms with Gasteiger partial charge in [-0.3, -0.25) is 0 Å². The molecule has 1 aromatic carbocycles. The minimum atomic E-state index is -0.244. The molecule has 1 heterocycles. The number of hydrogen-bond donors (Lipinski definition) is 3. The van der Waals surface area contributed by atoms with Gasteiger partial charge in [-0.2, -0.15) is 0 Å². The van der Waals surface area contributed by atoms with E-state index >= 15 is 0 Å². The zero-order valence-electron chi connectivity index (χ0n) is 9.52. The number of hydrogen-bond acceptors (Lipinski definition) is 3. The molecule has 0 bridgehead atoms. The van der Waals surface area contributed by atoms with Gasteiger partial charge < -0.3 is 16.2 Å². The molecule has 3 nitrogen and oxygen atoms in total. The minimum Gasteiger partial charge on any atom is -0.394 e. The maximum absolute atomic E-state index is 9.17. The lowest BCUT2D eigenvalue weighted by Gasteiger charge is -2.26. The third-order valence-corrected chi connectivity index (χ3v) is 3.37. The lowest BCUT2D eigenvalue weighted by Crippen LogP contribution is -2.28. The van der Waals surface area contributed by atoms with Crippen LogP contribution in [0.3, 0.4) is 0 Å². The van der Waals surface area contributed by atoms with E-state index in [0.717, 1.165) is 31.5 Å². The predicted octanol–water partition coefficient (Wildman–Crippen LogP) is 1.15. The molecule has 1 saturated heterocycles. The highest BCUT2D eigenvalue weighted by molar-refractivity contribution is 5.33. The second-order valence-corrected chi connectivity index (χ2v) is 4.44. The fourth-order valence-corrected chi connectivity index (χ4v) is 2.45. The standard InChI is InChI=1S/C13H20N2O/c14-13(9-16)12-4-2-1-3-11(12)10-5-7-15-8-6-10/h1-4,10,13,15-16H,5-9,14H2. The van der Waals surface area contributed by atoms with Crippen LogP contribution in [0, 0.1) is 0 Å². The van der Waals surface area contributed by atoms with E-state index in [2.05, 4.69) is 17.4 Å². The van der Waals surface area contributed by atoms with E-state index in [0.29, 0.717) is 5.92 Å². The topological polar surface area (TPSA) is 58.3 Å². The second kappa shape index (κ2) is 5.43. The van der Waals surface area contributed by atoms with Crippen molar-refractivity contribution < 1.29 is 5.11 Å². The van der Waals surface area contributed by atoms with Gasteiger partial charge in [0.1, 0.15) is 0 Å². The maximum Gasteiger partial charge on any atom is 0.0624 e. The van der Waals surface area contributed by atoms with Crippen molar-refractivity contribution in [2.75, 3.05) is 19.7 Å². The molecule has 0 radical (unpaired) electrons. The molecule has 16 heavy (non-hydrogen) atoms. The van der Waals surface area contributed by atoms with Crippen molar-refractivity contribution >= 4 is 0 Å². The average Bonchev–Trinajstić information content (AvgIpc) is 2.39. The van der Waals surface area contributed by atoms with E-state index in [1.54, 1.807) is 0 Å². The van der Waals surface area contributed by atoms with Gasteiger partial charge >= 0.3 is 0 Å². The largest absolute Gasteiger partial charge is 0.394 e. The normalized spacial score (nSPS) is 19.6. The van der Waals surface area contributed by atoms with Crippen LogP contribution in [0.1, 0.15) is 35.9 Å². The molecule has 0 aliphatic carbocycles. The summed E-state index contributed by atoms with van der Waals surface area (Å²) >= 11 is 0. The van der Waals surface area contributed by atoms with Crippen LogP contribution in [0.5, 0.6) is 0 Å². The Morgan fingerprint density at radius 2 is 2.00 bits per heavy atom. The lowest BCUT2D eigenvalue weighted by molar-refractivity contribution is 0.267. The molecule has 0 saturated carbocycles. The summed E-state index contributed by atoms with van der Waals surface area (Å²) in [6.07, 6.45) is 2.32. The lowest BCUT2D eigenvalue weighted by atomic mass is 9.85. The Kier molecular flexibility index (Phi) is 3.93. The summed E-state index contributed by atoms with van der Waals surface area (Å²) < 4.78 is 0. The van der Waals surface area contributed by atoms with Gasteiger partial charge in [-0.25, -0.2) is 0 Å². The van der Waals surface area contributed by atoms with Gasteiger partial charge in [0.15, 0.2) is 0 Å². The number of piperidine rings is 1. The Bertz CT molecular complexity index is 334. The molecule has 4 N–H and O–H groups in total. The van der Waals surface area contributed by atoms with Crippen molar-refractivity contribution in [1.29, 1.82) is 0 Å². The highest BCUT2D eigenvalue weighted by Crippen LogP contribution is 2.30. The van der Waals surface area contributed by atoms with E-state index in [4.69, 9.17) is 5.73 Å². The highest BCUT2D eigenvalue weighted by Gasteiger charge is 2.19. The van der Waals surface area contributed by atoms with Gasteiger partial charge in [0.25, 0.3) is 0 Å². The van der Waals surface area contributed by atoms with Crippen LogP contribution < -0.4 is 11.1 Å².